The molecule has 1 amide bonds. The van der Waals surface area contributed by atoms with E-state index in [0.717, 1.165) is 24.0 Å². The smallest absolute Gasteiger partial charge is 0.335 e. The number of carboxylic acids is 1. The van der Waals surface area contributed by atoms with E-state index in [2.05, 4.69) is 4.90 Å². The topological polar surface area (TPSA) is 83.6 Å². The van der Waals surface area contributed by atoms with Gasteiger partial charge >= 0.3 is 5.97 Å². The highest BCUT2D eigenvalue weighted by atomic mass is 16.4. The highest BCUT2D eigenvalue weighted by Gasteiger charge is 2.29. The van der Waals surface area contributed by atoms with Crippen LogP contribution in [0.5, 0.6) is 0 Å². The number of hydrogen-bond acceptors (Lipinski definition) is 3. The first-order chi connectivity index (χ1) is 11.5. The molecule has 2 aromatic rings. The Hall–Kier alpha value is -2.66. The lowest BCUT2D eigenvalue weighted by Crippen LogP contribution is -2.25. The van der Waals surface area contributed by atoms with Gasteiger partial charge in [-0.05, 0) is 48.2 Å². The largest absolute Gasteiger partial charge is 0.478 e. The van der Waals surface area contributed by atoms with E-state index in [4.69, 9.17) is 10.8 Å². The zero-order valence-corrected chi connectivity index (χ0v) is 13.3. The lowest BCUT2D eigenvalue weighted by molar-refractivity contribution is 0.0696. The Bertz CT molecular complexity index is 709. The summed E-state index contributed by atoms with van der Waals surface area (Å²) in [5.74, 6) is -1.34. The Labute approximate surface area is 140 Å². The summed E-state index contributed by atoms with van der Waals surface area (Å²) in [5, 5.41) is 9.13. The Morgan fingerprint density at radius 2 is 1.54 bits per heavy atom. The van der Waals surface area contributed by atoms with Gasteiger partial charge in [0, 0.05) is 24.7 Å². The number of carbonyl (C=O) groups is 2. The highest BCUT2D eigenvalue weighted by molar-refractivity contribution is 5.92. The van der Waals surface area contributed by atoms with Gasteiger partial charge in [0.2, 0.25) is 5.91 Å². The van der Waals surface area contributed by atoms with Crippen molar-refractivity contribution in [1.82, 2.24) is 4.90 Å². The number of carboxylic acid groups (broad SMARTS) is 1. The van der Waals surface area contributed by atoms with Gasteiger partial charge in [-0.15, -0.1) is 0 Å². The molecule has 0 aromatic heterocycles. The summed E-state index contributed by atoms with van der Waals surface area (Å²) in [6.45, 7) is 1.40. The predicted octanol–water partition coefficient (Wildman–Crippen LogP) is 2.65. The zero-order valence-electron chi connectivity index (χ0n) is 13.3. The van der Waals surface area contributed by atoms with Crippen molar-refractivity contribution in [2.24, 2.45) is 5.73 Å². The number of carbonyl (C=O) groups excluding carboxylic acids is 1. The number of rotatable bonds is 7. The summed E-state index contributed by atoms with van der Waals surface area (Å²) in [7, 11) is 0. The summed E-state index contributed by atoms with van der Waals surface area (Å²) < 4.78 is 0. The summed E-state index contributed by atoms with van der Waals surface area (Å²) in [6.07, 6.45) is 2.29. The molecule has 1 aliphatic rings. The maximum Gasteiger partial charge on any atom is 0.335 e. The van der Waals surface area contributed by atoms with Gasteiger partial charge in [-0.25, -0.2) is 4.79 Å². The summed E-state index contributed by atoms with van der Waals surface area (Å²) in [4.78, 5) is 24.8. The Morgan fingerprint density at radius 3 is 2.04 bits per heavy atom. The average Bonchev–Trinajstić information content (AvgIpc) is 3.39. The second kappa shape index (κ2) is 6.84. The van der Waals surface area contributed by atoms with E-state index in [9.17, 15) is 9.59 Å². The van der Waals surface area contributed by atoms with Crippen LogP contribution in [0, 0.1) is 0 Å². The monoisotopic (exact) mass is 324 g/mol. The standard InChI is InChI=1S/C19H20N2O3/c20-18(22)15-5-1-3-13(9-15)11-21(17-7-8-17)12-14-4-2-6-16(10-14)19(23)24/h1-6,9-10,17H,7-8,11-12H2,(H2,20,22)(H,23,24). The van der Waals surface area contributed by atoms with Crippen molar-refractivity contribution in [2.75, 3.05) is 0 Å². The lowest BCUT2D eigenvalue weighted by atomic mass is 10.1. The van der Waals surface area contributed by atoms with Crippen LogP contribution in [0.4, 0.5) is 0 Å². The molecule has 0 unspecified atom stereocenters. The van der Waals surface area contributed by atoms with Gasteiger partial charge in [0.15, 0.2) is 0 Å². The van der Waals surface area contributed by atoms with Crippen molar-refractivity contribution in [3.8, 4) is 0 Å². The Kier molecular flexibility index (Phi) is 4.62. The molecule has 0 radical (unpaired) electrons. The fourth-order valence-corrected chi connectivity index (χ4v) is 2.85. The second-order valence-corrected chi connectivity index (χ2v) is 6.21. The molecule has 0 spiro atoms. The molecular weight excluding hydrogens is 304 g/mol. The molecule has 1 aliphatic carbocycles. The van der Waals surface area contributed by atoms with E-state index in [-0.39, 0.29) is 0 Å². The van der Waals surface area contributed by atoms with Crippen LogP contribution in [-0.4, -0.2) is 27.9 Å². The van der Waals surface area contributed by atoms with Crippen molar-refractivity contribution >= 4 is 11.9 Å². The molecule has 5 nitrogen and oxygen atoms in total. The van der Waals surface area contributed by atoms with E-state index >= 15 is 0 Å². The maximum absolute atomic E-state index is 11.3. The zero-order chi connectivity index (χ0) is 17.1. The normalized spacial score (nSPS) is 13.9. The van der Waals surface area contributed by atoms with Gasteiger partial charge in [0.1, 0.15) is 0 Å². The molecule has 1 fully saturated rings. The third kappa shape index (κ3) is 4.00. The molecule has 1 saturated carbocycles. The van der Waals surface area contributed by atoms with E-state index in [0.29, 0.717) is 30.3 Å². The maximum atomic E-state index is 11.3. The minimum Gasteiger partial charge on any atom is -0.478 e. The van der Waals surface area contributed by atoms with Crippen LogP contribution in [0.25, 0.3) is 0 Å². The molecule has 0 bridgehead atoms. The average molecular weight is 324 g/mol. The first kappa shape index (κ1) is 16.2. The third-order valence-corrected chi connectivity index (χ3v) is 4.22. The van der Waals surface area contributed by atoms with Crippen molar-refractivity contribution in [3.63, 3.8) is 0 Å². The molecule has 5 heteroatoms. The van der Waals surface area contributed by atoms with Crippen molar-refractivity contribution in [3.05, 3.63) is 70.8 Å². The Morgan fingerprint density at radius 1 is 1.00 bits per heavy atom. The molecule has 0 atom stereocenters. The molecule has 124 valence electrons. The van der Waals surface area contributed by atoms with Crippen molar-refractivity contribution < 1.29 is 14.7 Å². The number of benzene rings is 2. The van der Waals surface area contributed by atoms with Crippen LogP contribution in [0.3, 0.4) is 0 Å². The molecule has 0 aliphatic heterocycles. The van der Waals surface area contributed by atoms with Crippen molar-refractivity contribution in [1.29, 1.82) is 0 Å². The van der Waals surface area contributed by atoms with E-state index < -0.39 is 11.9 Å². The predicted molar refractivity (Wildman–Crippen MR) is 90.6 cm³/mol. The van der Waals surface area contributed by atoms with Crippen molar-refractivity contribution in [2.45, 2.75) is 32.0 Å². The number of primary amides is 1. The summed E-state index contributed by atoms with van der Waals surface area (Å²) in [6, 6.07) is 14.9. The Balaban J connectivity index is 1.76. The van der Waals surface area contributed by atoms with E-state index in [1.807, 2.05) is 24.3 Å². The molecule has 24 heavy (non-hydrogen) atoms. The van der Waals surface area contributed by atoms with Gasteiger partial charge in [-0.3, -0.25) is 9.69 Å². The SMILES string of the molecule is NC(=O)c1cccc(CN(Cc2cccc(C(=O)O)c2)C2CC2)c1. The first-order valence-corrected chi connectivity index (χ1v) is 7.98. The van der Waals surface area contributed by atoms with Gasteiger partial charge in [0.25, 0.3) is 0 Å². The number of nitrogens with zero attached hydrogens (tertiary/aromatic N) is 1. The van der Waals surface area contributed by atoms with E-state index in [1.165, 1.54) is 0 Å². The minimum absolute atomic E-state index is 0.305. The number of hydrogen-bond donors (Lipinski definition) is 2. The summed E-state index contributed by atoms with van der Waals surface area (Å²) in [5.41, 5.74) is 8.18. The van der Waals surface area contributed by atoms with E-state index in [1.54, 1.807) is 24.3 Å². The molecule has 2 aromatic carbocycles. The highest BCUT2D eigenvalue weighted by Crippen LogP contribution is 2.30. The first-order valence-electron chi connectivity index (χ1n) is 7.98. The molecule has 3 N–H and O–H groups in total. The number of nitrogens with two attached hydrogens (primary N) is 1. The van der Waals surface area contributed by atoms with Crippen LogP contribution >= 0.6 is 0 Å². The quantitative estimate of drug-likeness (QED) is 0.820. The third-order valence-electron chi connectivity index (χ3n) is 4.22. The fraction of sp³-hybridized carbons (Fsp3) is 0.263. The van der Waals surface area contributed by atoms with Crippen LogP contribution in [0.1, 0.15) is 44.7 Å². The number of aromatic carboxylic acids is 1. The van der Waals surface area contributed by atoms with Gasteiger partial charge in [-0.1, -0.05) is 24.3 Å². The lowest BCUT2D eigenvalue weighted by Gasteiger charge is -2.22. The van der Waals surface area contributed by atoms with Crippen LogP contribution in [0.2, 0.25) is 0 Å². The van der Waals surface area contributed by atoms with Crippen LogP contribution in [-0.2, 0) is 13.1 Å². The minimum atomic E-state index is -0.913. The number of amides is 1. The second-order valence-electron chi connectivity index (χ2n) is 6.21. The van der Waals surface area contributed by atoms with Gasteiger partial charge in [0.05, 0.1) is 5.56 Å². The molecular formula is C19H20N2O3. The van der Waals surface area contributed by atoms with Crippen LogP contribution < -0.4 is 5.73 Å². The van der Waals surface area contributed by atoms with Gasteiger partial charge in [-0.2, -0.15) is 0 Å². The summed E-state index contributed by atoms with van der Waals surface area (Å²) >= 11 is 0. The van der Waals surface area contributed by atoms with Gasteiger partial charge < -0.3 is 10.8 Å². The molecule has 3 rings (SSSR count). The fourth-order valence-electron chi connectivity index (χ4n) is 2.85. The molecule has 0 saturated heterocycles. The van der Waals surface area contributed by atoms with Crippen LogP contribution in [0.15, 0.2) is 48.5 Å². The molecule has 0 heterocycles.